The normalized spacial score (nSPS) is 21.8. The van der Waals surface area contributed by atoms with Crippen molar-refractivity contribution >= 4 is 5.78 Å². The quantitative estimate of drug-likeness (QED) is 0.388. The Hall–Kier alpha value is -2.81. The molecular formula is C16H14O8. The molecule has 24 heavy (non-hydrogen) atoms. The summed E-state index contributed by atoms with van der Waals surface area (Å²) >= 11 is 0. The summed E-state index contributed by atoms with van der Waals surface area (Å²) in [4.78, 5) is 12.4. The third-order valence-electron chi connectivity index (χ3n) is 3.85. The number of benzene rings is 2. The van der Waals surface area contributed by atoms with Crippen LogP contribution in [0.2, 0.25) is 0 Å². The Morgan fingerprint density at radius 1 is 1.08 bits per heavy atom. The average Bonchev–Trinajstić information content (AvgIpc) is 2.56. The summed E-state index contributed by atoms with van der Waals surface area (Å²) in [6.07, 6.45) is 0. The zero-order valence-electron chi connectivity index (χ0n) is 12.4. The summed E-state index contributed by atoms with van der Waals surface area (Å²) < 4.78 is 10.2. The van der Waals surface area contributed by atoms with Gasteiger partial charge in [-0.2, -0.15) is 0 Å². The lowest BCUT2D eigenvalue weighted by atomic mass is 9.86. The standard InChI is InChI=1S/C16H14O8/c1-23-9-4-2-3-8(7-9)16(22)15(20,21)14(19)12-11(24-16)6-5-10(17)13(12)18/h2-7,17-18,20-22H,1H3. The molecular weight excluding hydrogens is 320 g/mol. The zero-order chi connectivity index (χ0) is 17.7. The van der Waals surface area contributed by atoms with Gasteiger partial charge in [-0.1, -0.05) is 12.1 Å². The van der Waals surface area contributed by atoms with Crippen LogP contribution in [0.15, 0.2) is 36.4 Å². The Morgan fingerprint density at radius 2 is 1.79 bits per heavy atom. The highest BCUT2D eigenvalue weighted by Gasteiger charge is 2.62. The Bertz CT molecular complexity index is 829. The van der Waals surface area contributed by atoms with Crippen LogP contribution in [0.1, 0.15) is 15.9 Å². The molecule has 1 aliphatic rings. The molecule has 0 aliphatic carbocycles. The molecule has 2 aromatic carbocycles. The Kier molecular flexibility index (Phi) is 3.41. The molecule has 0 amide bonds. The minimum atomic E-state index is -3.42. The second kappa shape index (κ2) is 5.10. The number of aliphatic hydroxyl groups is 3. The van der Waals surface area contributed by atoms with Crippen molar-refractivity contribution in [3.8, 4) is 23.0 Å². The van der Waals surface area contributed by atoms with E-state index in [0.29, 0.717) is 0 Å². The number of carbonyl (C=O) groups excluding carboxylic acids is 1. The summed E-state index contributed by atoms with van der Waals surface area (Å²) in [5, 5.41) is 50.5. The van der Waals surface area contributed by atoms with E-state index in [1.165, 1.54) is 25.3 Å². The summed E-state index contributed by atoms with van der Waals surface area (Å²) in [6.45, 7) is 0. The first-order valence-corrected chi connectivity index (χ1v) is 6.82. The first-order valence-electron chi connectivity index (χ1n) is 6.82. The van der Waals surface area contributed by atoms with Crippen molar-refractivity contribution in [2.45, 2.75) is 11.6 Å². The minimum Gasteiger partial charge on any atom is -0.504 e. The number of Topliss-reactive ketones (excluding diaryl/α,β-unsaturated/α-hetero) is 1. The molecule has 3 rings (SSSR count). The number of phenolic OH excluding ortho intramolecular Hbond substituents is 2. The molecule has 5 N–H and O–H groups in total. The largest absolute Gasteiger partial charge is 0.504 e. The van der Waals surface area contributed by atoms with Crippen LogP contribution < -0.4 is 9.47 Å². The third kappa shape index (κ3) is 2.01. The van der Waals surface area contributed by atoms with Gasteiger partial charge in [0.15, 0.2) is 11.5 Å². The molecule has 1 unspecified atom stereocenters. The summed E-state index contributed by atoms with van der Waals surface area (Å²) in [5.41, 5.74) is -0.800. The number of rotatable bonds is 2. The van der Waals surface area contributed by atoms with Crippen LogP contribution in [0.25, 0.3) is 0 Å². The second-order valence-corrected chi connectivity index (χ2v) is 5.29. The van der Waals surface area contributed by atoms with Crippen molar-refractivity contribution in [1.29, 1.82) is 0 Å². The zero-order valence-corrected chi connectivity index (χ0v) is 12.4. The Morgan fingerprint density at radius 3 is 2.46 bits per heavy atom. The Labute approximate surface area is 135 Å². The highest BCUT2D eigenvalue weighted by Crippen LogP contribution is 2.48. The maximum absolute atomic E-state index is 12.4. The smallest absolute Gasteiger partial charge is 0.301 e. The number of methoxy groups -OCH3 is 1. The number of ketones is 1. The van der Waals surface area contributed by atoms with Crippen molar-refractivity contribution in [3.63, 3.8) is 0 Å². The number of ether oxygens (including phenoxy) is 2. The lowest BCUT2D eigenvalue weighted by Crippen LogP contribution is -2.62. The van der Waals surface area contributed by atoms with Crippen molar-refractivity contribution in [2.24, 2.45) is 0 Å². The predicted octanol–water partition coefficient (Wildman–Crippen LogP) is 0.208. The lowest BCUT2D eigenvalue weighted by Gasteiger charge is -2.42. The fraction of sp³-hybridized carbons (Fsp3) is 0.188. The molecule has 1 heterocycles. The maximum Gasteiger partial charge on any atom is 0.301 e. The molecule has 8 heteroatoms. The highest BCUT2D eigenvalue weighted by atomic mass is 16.7. The number of hydrogen-bond acceptors (Lipinski definition) is 8. The number of fused-ring (bicyclic) bond motifs is 1. The van der Waals surface area contributed by atoms with Gasteiger partial charge in [0, 0.05) is 5.56 Å². The topological polar surface area (TPSA) is 137 Å². The molecule has 0 fully saturated rings. The van der Waals surface area contributed by atoms with Gasteiger partial charge in [0.2, 0.25) is 5.78 Å². The van der Waals surface area contributed by atoms with E-state index in [0.717, 1.165) is 12.1 Å². The van der Waals surface area contributed by atoms with Crippen LogP contribution in [0.4, 0.5) is 0 Å². The van der Waals surface area contributed by atoms with E-state index in [4.69, 9.17) is 9.47 Å². The van der Waals surface area contributed by atoms with Gasteiger partial charge in [0.25, 0.3) is 5.79 Å². The van der Waals surface area contributed by atoms with E-state index >= 15 is 0 Å². The van der Waals surface area contributed by atoms with Crippen LogP contribution in [-0.4, -0.2) is 44.2 Å². The van der Waals surface area contributed by atoms with Crippen molar-refractivity contribution in [3.05, 3.63) is 47.5 Å². The average molecular weight is 334 g/mol. The molecule has 0 saturated heterocycles. The minimum absolute atomic E-state index is 0.154. The SMILES string of the molecule is COc1cccc(C2(O)Oc3ccc(O)c(O)c3C(=O)C2(O)O)c1. The molecule has 0 bridgehead atoms. The van der Waals surface area contributed by atoms with E-state index in [9.17, 15) is 30.3 Å². The molecule has 1 atom stereocenters. The number of phenols is 2. The van der Waals surface area contributed by atoms with Gasteiger partial charge in [-0.25, -0.2) is 0 Å². The highest BCUT2D eigenvalue weighted by molar-refractivity contribution is 6.08. The third-order valence-corrected chi connectivity index (χ3v) is 3.85. The predicted molar refractivity (Wildman–Crippen MR) is 78.8 cm³/mol. The molecule has 1 aliphatic heterocycles. The van der Waals surface area contributed by atoms with Gasteiger partial charge in [0.1, 0.15) is 17.1 Å². The first-order chi connectivity index (χ1) is 11.2. The van der Waals surface area contributed by atoms with Gasteiger partial charge in [0.05, 0.1) is 7.11 Å². The fourth-order valence-electron chi connectivity index (χ4n) is 2.52. The van der Waals surface area contributed by atoms with Crippen LogP contribution in [0.5, 0.6) is 23.0 Å². The van der Waals surface area contributed by atoms with Crippen LogP contribution in [0, 0.1) is 0 Å². The summed E-state index contributed by atoms with van der Waals surface area (Å²) in [5.74, 6) is -9.26. The van der Waals surface area contributed by atoms with E-state index in [-0.39, 0.29) is 17.1 Å². The molecule has 0 aromatic heterocycles. The van der Waals surface area contributed by atoms with Gasteiger partial charge < -0.3 is 35.0 Å². The summed E-state index contributed by atoms with van der Waals surface area (Å²) in [6, 6.07) is 7.73. The van der Waals surface area contributed by atoms with Crippen LogP contribution in [0.3, 0.4) is 0 Å². The number of aromatic hydroxyl groups is 2. The van der Waals surface area contributed by atoms with Crippen molar-refractivity contribution in [2.75, 3.05) is 7.11 Å². The first kappa shape index (κ1) is 16.1. The van der Waals surface area contributed by atoms with Crippen LogP contribution >= 0.6 is 0 Å². The van der Waals surface area contributed by atoms with Gasteiger partial charge >= 0.3 is 5.79 Å². The van der Waals surface area contributed by atoms with E-state index in [1.54, 1.807) is 6.07 Å². The van der Waals surface area contributed by atoms with Gasteiger partial charge in [-0.3, -0.25) is 4.79 Å². The lowest BCUT2D eigenvalue weighted by molar-refractivity contribution is -0.328. The van der Waals surface area contributed by atoms with Crippen molar-refractivity contribution < 1.29 is 39.8 Å². The Balaban J connectivity index is 2.22. The van der Waals surface area contributed by atoms with E-state index < -0.39 is 34.4 Å². The molecule has 0 saturated carbocycles. The number of hydrogen-bond donors (Lipinski definition) is 5. The maximum atomic E-state index is 12.4. The fourth-order valence-corrected chi connectivity index (χ4v) is 2.52. The van der Waals surface area contributed by atoms with E-state index in [1.807, 2.05) is 0 Å². The van der Waals surface area contributed by atoms with Crippen LogP contribution in [-0.2, 0) is 5.79 Å². The molecule has 126 valence electrons. The molecule has 8 nitrogen and oxygen atoms in total. The second-order valence-electron chi connectivity index (χ2n) is 5.29. The number of carbonyl (C=O) groups is 1. The summed E-state index contributed by atoms with van der Waals surface area (Å²) in [7, 11) is 1.37. The molecule has 2 aromatic rings. The molecule has 0 spiro atoms. The van der Waals surface area contributed by atoms with E-state index in [2.05, 4.69) is 0 Å². The van der Waals surface area contributed by atoms with Gasteiger partial charge in [-0.15, -0.1) is 0 Å². The van der Waals surface area contributed by atoms with Crippen molar-refractivity contribution in [1.82, 2.24) is 0 Å². The van der Waals surface area contributed by atoms with Gasteiger partial charge in [-0.05, 0) is 24.3 Å². The molecule has 0 radical (unpaired) electrons. The monoisotopic (exact) mass is 334 g/mol.